The van der Waals surface area contributed by atoms with E-state index in [9.17, 15) is 14.9 Å². The number of nitrogens with zero attached hydrogens (tertiary/aromatic N) is 1. The van der Waals surface area contributed by atoms with E-state index in [-0.39, 0.29) is 6.61 Å². The van der Waals surface area contributed by atoms with Gasteiger partial charge in [0.05, 0.1) is 6.07 Å². The Balaban J connectivity index is 1.70. The van der Waals surface area contributed by atoms with Gasteiger partial charge in [-0.15, -0.1) is 0 Å². The van der Waals surface area contributed by atoms with E-state index >= 15 is 0 Å². The van der Waals surface area contributed by atoms with Gasteiger partial charge in [-0.3, -0.25) is 4.79 Å². The summed E-state index contributed by atoms with van der Waals surface area (Å²) in [5.74, 6) is -0.574. The molecule has 0 saturated heterocycles. The fourth-order valence-corrected chi connectivity index (χ4v) is 2.67. The second-order valence-corrected chi connectivity index (χ2v) is 6.27. The number of hydrogen-bond donors (Lipinski definition) is 1. The quantitative estimate of drug-likeness (QED) is 0.764. The molecule has 0 spiro atoms. The smallest absolute Gasteiger partial charge is 0.344 e. The Morgan fingerprint density at radius 1 is 1.22 bits per heavy atom. The summed E-state index contributed by atoms with van der Waals surface area (Å²) in [6.07, 6.45) is 3.09. The zero-order valence-corrected chi connectivity index (χ0v) is 14.1. The zero-order chi connectivity index (χ0) is 16.7. The predicted molar refractivity (Wildman–Crippen MR) is 85.6 cm³/mol. The van der Waals surface area contributed by atoms with Crippen LogP contribution in [0.2, 0.25) is 0 Å². The Bertz CT molecular complexity index is 604. The second-order valence-electron chi connectivity index (χ2n) is 5.35. The summed E-state index contributed by atoms with van der Waals surface area (Å²) in [4.78, 5) is 23.4. The topological polar surface area (TPSA) is 88.4 Å². The lowest BCUT2D eigenvalue weighted by molar-refractivity contribution is -0.150. The largest absolute Gasteiger partial charge is 0.482 e. The molecule has 0 bridgehead atoms. The Kier molecular flexibility index (Phi) is 5.99. The number of nitriles is 1. The number of nitrogens with one attached hydrogen (secondary N) is 1. The number of carbonyl (C=O) groups excluding carboxylic acids is 2. The molecule has 0 aliphatic heterocycles. The first-order valence-corrected chi connectivity index (χ1v) is 8.09. The van der Waals surface area contributed by atoms with Crippen molar-refractivity contribution < 1.29 is 19.1 Å². The molecule has 0 unspecified atom stereocenters. The molecule has 1 aliphatic carbocycles. The van der Waals surface area contributed by atoms with E-state index in [4.69, 9.17) is 9.47 Å². The maximum atomic E-state index is 11.8. The zero-order valence-electron chi connectivity index (χ0n) is 12.5. The number of esters is 1. The van der Waals surface area contributed by atoms with Crippen LogP contribution in [0.3, 0.4) is 0 Å². The maximum absolute atomic E-state index is 11.8. The first kappa shape index (κ1) is 17.3. The summed E-state index contributed by atoms with van der Waals surface area (Å²) >= 11 is 3.30. The second kappa shape index (κ2) is 7.97. The van der Waals surface area contributed by atoms with Gasteiger partial charge in [0.1, 0.15) is 11.3 Å². The molecule has 0 atom stereocenters. The van der Waals surface area contributed by atoms with Crippen LogP contribution in [0.15, 0.2) is 28.7 Å². The van der Waals surface area contributed by atoms with Gasteiger partial charge in [-0.1, -0.05) is 15.9 Å². The molecule has 1 amide bonds. The summed E-state index contributed by atoms with van der Waals surface area (Å²) in [7, 11) is 0. The highest BCUT2D eigenvalue weighted by molar-refractivity contribution is 9.10. The SMILES string of the molecule is N#CC1(NC(=O)COC(=O)COc2ccc(Br)cc2)CCCC1. The lowest BCUT2D eigenvalue weighted by atomic mass is 10.00. The highest BCUT2D eigenvalue weighted by Crippen LogP contribution is 2.28. The van der Waals surface area contributed by atoms with Gasteiger partial charge < -0.3 is 14.8 Å². The molecule has 23 heavy (non-hydrogen) atoms. The van der Waals surface area contributed by atoms with Crippen LogP contribution < -0.4 is 10.1 Å². The Labute approximate surface area is 142 Å². The van der Waals surface area contributed by atoms with E-state index in [0.29, 0.717) is 18.6 Å². The summed E-state index contributed by atoms with van der Waals surface area (Å²) in [6, 6.07) is 9.14. The molecule has 1 saturated carbocycles. The van der Waals surface area contributed by atoms with E-state index in [0.717, 1.165) is 17.3 Å². The van der Waals surface area contributed by atoms with Crippen molar-refractivity contribution in [2.24, 2.45) is 0 Å². The minimum atomic E-state index is -0.808. The fraction of sp³-hybridized carbons (Fsp3) is 0.438. The third-order valence-electron chi connectivity index (χ3n) is 3.58. The van der Waals surface area contributed by atoms with Crippen LogP contribution in [0, 0.1) is 11.3 Å². The van der Waals surface area contributed by atoms with E-state index in [1.807, 2.05) is 0 Å². The van der Waals surface area contributed by atoms with Gasteiger partial charge >= 0.3 is 5.97 Å². The summed E-state index contributed by atoms with van der Waals surface area (Å²) in [6.45, 7) is -0.690. The molecule has 1 aromatic carbocycles. The number of halogens is 1. The fourth-order valence-electron chi connectivity index (χ4n) is 2.41. The van der Waals surface area contributed by atoms with Crippen LogP contribution in [0.4, 0.5) is 0 Å². The van der Waals surface area contributed by atoms with Gasteiger partial charge in [-0.05, 0) is 49.9 Å². The van der Waals surface area contributed by atoms with Crippen molar-refractivity contribution in [2.45, 2.75) is 31.2 Å². The van der Waals surface area contributed by atoms with Crippen LogP contribution in [0.5, 0.6) is 5.75 Å². The van der Waals surface area contributed by atoms with Crippen molar-refractivity contribution in [1.82, 2.24) is 5.32 Å². The molecule has 0 aromatic heterocycles. The van der Waals surface area contributed by atoms with Gasteiger partial charge in [-0.25, -0.2) is 4.79 Å². The van der Waals surface area contributed by atoms with Gasteiger partial charge in [0.2, 0.25) is 0 Å². The number of hydrogen-bond acceptors (Lipinski definition) is 5. The molecule has 1 aliphatic rings. The van der Waals surface area contributed by atoms with Crippen LogP contribution in [-0.2, 0) is 14.3 Å². The Morgan fingerprint density at radius 2 is 1.87 bits per heavy atom. The number of rotatable bonds is 6. The number of benzene rings is 1. The number of ether oxygens (including phenoxy) is 2. The summed E-state index contributed by atoms with van der Waals surface area (Å²) in [5.41, 5.74) is -0.808. The first-order chi connectivity index (χ1) is 11.0. The van der Waals surface area contributed by atoms with Crippen LogP contribution in [0.1, 0.15) is 25.7 Å². The van der Waals surface area contributed by atoms with Crippen molar-refractivity contribution in [3.8, 4) is 11.8 Å². The van der Waals surface area contributed by atoms with Crippen molar-refractivity contribution >= 4 is 27.8 Å². The van der Waals surface area contributed by atoms with E-state index in [1.54, 1.807) is 24.3 Å². The molecule has 1 fully saturated rings. The van der Waals surface area contributed by atoms with Crippen molar-refractivity contribution in [1.29, 1.82) is 5.26 Å². The average molecular weight is 381 g/mol. The van der Waals surface area contributed by atoms with Crippen LogP contribution >= 0.6 is 15.9 Å². The lowest BCUT2D eigenvalue weighted by Gasteiger charge is -2.21. The molecule has 6 nitrogen and oxygen atoms in total. The van der Waals surface area contributed by atoms with Gasteiger partial charge in [0.25, 0.3) is 5.91 Å². The summed E-state index contributed by atoms with van der Waals surface area (Å²) in [5, 5.41) is 11.8. The van der Waals surface area contributed by atoms with E-state index in [2.05, 4.69) is 27.3 Å². The lowest BCUT2D eigenvalue weighted by Crippen LogP contribution is -2.46. The molecule has 7 heteroatoms. The molecule has 1 aromatic rings. The molecule has 1 N–H and O–H groups in total. The molecule has 122 valence electrons. The molecular formula is C16H17BrN2O4. The monoisotopic (exact) mass is 380 g/mol. The Hall–Kier alpha value is -2.07. The normalized spacial score (nSPS) is 15.5. The van der Waals surface area contributed by atoms with Gasteiger partial charge in [0.15, 0.2) is 13.2 Å². The minimum absolute atomic E-state index is 0.279. The van der Waals surface area contributed by atoms with Crippen LogP contribution in [0.25, 0.3) is 0 Å². The molecule has 2 rings (SSSR count). The third-order valence-corrected chi connectivity index (χ3v) is 4.11. The van der Waals surface area contributed by atoms with Crippen LogP contribution in [-0.4, -0.2) is 30.6 Å². The number of amides is 1. The van der Waals surface area contributed by atoms with E-state index in [1.165, 1.54) is 0 Å². The standard InChI is InChI=1S/C16H17BrN2O4/c17-12-3-5-13(6-4-12)22-10-15(21)23-9-14(20)19-16(11-18)7-1-2-8-16/h3-6H,1-2,7-10H2,(H,19,20). The highest BCUT2D eigenvalue weighted by atomic mass is 79.9. The van der Waals surface area contributed by atoms with E-state index < -0.39 is 24.0 Å². The molecule has 0 radical (unpaired) electrons. The highest BCUT2D eigenvalue weighted by Gasteiger charge is 2.35. The summed E-state index contributed by atoms with van der Waals surface area (Å²) < 4.78 is 11.0. The maximum Gasteiger partial charge on any atom is 0.344 e. The van der Waals surface area contributed by atoms with Crippen molar-refractivity contribution in [3.05, 3.63) is 28.7 Å². The van der Waals surface area contributed by atoms with Gasteiger partial charge in [0, 0.05) is 4.47 Å². The van der Waals surface area contributed by atoms with Crippen molar-refractivity contribution in [3.63, 3.8) is 0 Å². The Morgan fingerprint density at radius 3 is 2.48 bits per heavy atom. The predicted octanol–water partition coefficient (Wildman–Crippen LogP) is 2.32. The minimum Gasteiger partial charge on any atom is -0.482 e. The van der Waals surface area contributed by atoms with Gasteiger partial charge in [-0.2, -0.15) is 5.26 Å². The van der Waals surface area contributed by atoms with Crippen molar-refractivity contribution in [2.75, 3.05) is 13.2 Å². The average Bonchev–Trinajstić information content (AvgIpc) is 3.01. The first-order valence-electron chi connectivity index (χ1n) is 7.29. The molecular weight excluding hydrogens is 364 g/mol. The molecule has 0 heterocycles. The number of carbonyl (C=O) groups is 2. The third kappa shape index (κ3) is 5.25.